The highest BCUT2D eigenvalue weighted by molar-refractivity contribution is 6.03. The number of carbonyl (C=O) groups is 1. The lowest BCUT2D eigenvalue weighted by Gasteiger charge is -2.36. The van der Waals surface area contributed by atoms with Crippen LogP contribution in [0.3, 0.4) is 0 Å². The van der Waals surface area contributed by atoms with Crippen LogP contribution in [0.1, 0.15) is 36.4 Å². The molecule has 1 unspecified atom stereocenters. The summed E-state index contributed by atoms with van der Waals surface area (Å²) in [6.07, 6.45) is 5.29. The van der Waals surface area contributed by atoms with E-state index in [-0.39, 0.29) is 23.7 Å². The van der Waals surface area contributed by atoms with Crippen molar-refractivity contribution in [2.45, 2.75) is 46.8 Å². The first kappa shape index (κ1) is 21.7. The number of aryl methyl sites for hydroxylation is 2. The summed E-state index contributed by atoms with van der Waals surface area (Å²) in [6, 6.07) is 1.19. The van der Waals surface area contributed by atoms with Gasteiger partial charge in [-0.1, -0.05) is 13.8 Å². The summed E-state index contributed by atoms with van der Waals surface area (Å²) in [5.41, 5.74) is 3.40. The third-order valence-corrected chi connectivity index (χ3v) is 5.53. The lowest BCUT2D eigenvalue weighted by molar-refractivity contribution is -0.118. The Morgan fingerprint density at radius 3 is 2.69 bits per heavy atom. The Kier molecular flexibility index (Phi) is 5.77. The molecule has 2 N–H and O–H groups in total. The molecule has 32 heavy (non-hydrogen) atoms. The molecule has 3 aromatic rings. The monoisotopic (exact) mass is 438 g/mol. The number of amides is 1. The first-order valence-electron chi connectivity index (χ1n) is 10.5. The highest BCUT2D eigenvalue weighted by atomic mass is 19.1. The smallest absolute Gasteiger partial charge is 0.247 e. The van der Waals surface area contributed by atoms with E-state index in [9.17, 15) is 9.18 Å². The quantitative estimate of drug-likeness (QED) is 0.610. The molecule has 10 heteroatoms. The van der Waals surface area contributed by atoms with Gasteiger partial charge >= 0.3 is 0 Å². The summed E-state index contributed by atoms with van der Waals surface area (Å²) in [6.45, 7) is 8.41. The number of nitrogens with zero attached hydrogens (tertiary/aromatic N) is 6. The average molecular weight is 439 g/mol. The number of likely N-dealkylation sites (N-methyl/N-ethyl adjacent to an activating group) is 1. The van der Waals surface area contributed by atoms with Gasteiger partial charge in [0.05, 0.1) is 24.1 Å². The molecule has 0 fully saturated rings. The molecular formula is C22H27FN8O. The molecule has 1 atom stereocenters. The maximum atomic E-state index is 13.7. The normalized spacial score (nSPS) is 15.7. The van der Waals surface area contributed by atoms with Crippen LogP contribution in [0.2, 0.25) is 0 Å². The fourth-order valence-corrected chi connectivity index (χ4v) is 3.88. The number of rotatable bonds is 6. The molecule has 168 valence electrons. The van der Waals surface area contributed by atoms with Crippen LogP contribution in [0.5, 0.6) is 0 Å². The molecular weight excluding hydrogens is 411 g/mol. The highest BCUT2D eigenvalue weighted by Gasteiger charge is 2.35. The Balaban J connectivity index is 1.46. The summed E-state index contributed by atoms with van der Waals surface area (Å²) in [5, 5.41) is 10.5. The molecule has 0 spiro atoms. The molecule has 1 aliphatic heterocycles. The first-order valence-corrected chi connectivity index (χ1v) is 10.5. The molecule has 0 aromatic carbocycles. The number of hydrogen-bond acceptors (Lipinski definition) is 7. The minimum absolute atomic E-state index is 0.0431. The predicted molar refractivity (Wildman–Crippen MR) is 120 cm³/mol. The van der Waals surface area contributed by atoms with Crippen molar-refractivity contribution in [3.63, 3.8) is 0 Å². The van der Waals surface area contributed by atoms with Crippen molar-refractivity contribution in [3.05, 3.63) is 53.0 Å². The van der Waals surface area contributed by atoms with Crippen molar-refractivity contribution in [1.29, 1.82) is 0 Å². The lowest BCUT2D eigenvalue weighted by atomic mass is 9.99. The van der Waals surface area contributed by atoms with Gasteiger partial charge in [-0.3, -0.25) is 14.5 Å². The van der Waals surface area contributed by atoms with Gasteiger partial charge in [-0.2, -0.15) is 10.1 Å². The molecule has 0 radical (unpaired) electrons. The third-order valence-electron chi connectivity index (χ3n) is 5.53. The van der Waals surface area contributed by atoms with E-state index in [0.29, 0.717) is 41.9 Å². The number of carbonyl (C=O) groups excluding carboxylic acids is 1. The Bertz CT molecular complexity index is 1160. The second-order valence-corrected chi connectivity index (χ2v) is 8.43. The van der Waals surface area contributed by atoms with Crippen LogP contribution < -0.4 is 15.5 Å². The van der Waals surface area contributed by atoms with Gasteiger partial charge in [-0.25, -0.2) is 9.37 Å². The zero-order chi connectivity index (χ0) is 23.0. The van der Waals surface area contributed by atoms with Crippen molar-refractivity contribution < 1.29 is 9.18 Å². The van der Waals surface area contributed by atoms with Gasteiger partial charge in [0.2, 0.25) is 11.9 Å². The standard InChI is InChI=1S/C22H27FN8O/c1-12(2)19-21(32)28-18-14(4)27-22(29-20(18)30(19)5)25-8-16-9-26-31(11-16)10-15-6-17(23)13(3)24-7-15/h6-7,9,11-12,19H,8,10H2,1-5H3,(H,28,32)(H,25,27,29). The van der Waals surface area contributed by atoms with Crippen LogP contribution in [-0.4, -0.2) is 43.7 Å². The van der Waals surface area contributed by atoms with E-state index >= 15 is 0 Å². The molecule has 0 saturated heterocycles. The Morgan fingerprint density at radius 1 is 1.19 bits per heavy atom. The summed E-state index contributed by atoms with van der Waals surface area (Å²) in [5.74, 6) is 0.950. The van der Waals surface area contributed by atoms with Crippen LogP contribution in [0.4, 0.5) is 21.8 Å². The Morgan fingerprint density at radius 2 is 1.97 bits per heavy atom. The van der Waals surface area contributed by atoms with E-state index in [1.807, 2.05) is 38.9 Å². The van der Waals surface area contributed by atoms with Crippen molar-refractivity contribution >= 4 is 23.4 Å². The van der Waals surface area contributed by atoms with Crippen LogP contribution in [-0.2, 0) is 17.9 Å². The molecule has 9 nitrogen and oxygen atoms in total. The zero-order valence-electron chi connectivity index (χ0n) is 18.8. The first-order chi connectivity index (χ1) is 15.2. The van der Waals surface area contributed by atoms with Crippen molar-refractivity contribution in [3.8, 4) is 0 Å². The molecule has 0 aliphatic carbocycles. The van der Waals surface area contributed by atoms with Crippen LogP contribution in [0.15, 0.2) is 24.7 Å². The second kappa shape index (κ2) is 8.52. The third kappa shape index (κ3) is 4.25. The van der Waals surface area contributed by atoms with Gasteiger partial charge in [0.25, 0.3) is 0 Å². The molecule has 1 aliphatic rings. The van der Waals surface area contributed by atoms with Crippen molar-refractivity contribution in [2.24, 2.45) is 5.92 Å². The topological polar surface area (TPSA) is 101 Å². The van der Waals surface area contributed by atoms with Gasteiger partial charge in [0.15, 0.2) is 5.82 Å². The maximum Gasteiger partial charge on any atom is 0.247 e. The Labute approximate surface area is 186 Å². The number of aromatic nitrogens is 5. The van der Waals surface area contributed by atoms with Gasteiger partial charge in [0, 0.05) is 31.5 Å². The average Bonchev–Trinajstić information content (AvgIpc) is 3.17. The van der Waals surface area contributed by atoms with Crippen LogP contribution >= 0.6 is 0 Å². The molecule has 1 amide bonds. The SMILES string of the molecule is Cc1ncc(Cn2cc(CNc3nc(C)c4c(n3)N(C)C(C(C)C)C(=O)N4)cn2)cc1F. The predicted octanol–water partition coefficient (Wildman–Crippen LogP) is 2.90. The molecule has 4 heterocycles. The summed E-state index contributed by atoms with van der Waals surface area (Å²) in [4.78, 5) is 27.6. The molecule has 4 rings (SSSR count). The molecule has 0 saturated carbocycles. The van der Waals surface area contributed by atoms with Crippen molar-refractivity contribution in [2.75, 3.05) is 22.6 Å². The van der Waals surface area contributed by atoms with Gasteiger partial charge in [-0.05, 0) is 31.4 Å². The summed E-state index contributed by atoms with van der Waals surface area (Å²) < 4.78 is 15.5. The number of hydrogen-bond donors (Lipinski definition) is 2. The fraction of sp³-hybridized carbons (Fsp3) is 0.409. The second-order valence-electron chi connectivity index (χ2n) is 8.43. The zero-order valence-corrected chi connectivity index (χ0v) is 18.8. The molecule has 0 bridgehead atoms. The fourth-order valence-electron chi connectivity index (χ4n) is 3.88. The summed E-state index contributed by atoms with van der Waals surface area (Å²) in [7, 11) is 1.88. The lowest BCUT2D eigenvalue weighted by Crippen LogP contribution is -2.49. The van der Waals surface area contributed by atoms with Gasteiger partial charge in [-0.15, -0.1) is 0 Å². The Hall–Kier alpha value is -3.56. The number of anilines is 3. The van der Waals surface area contributed by atoms with E-state index in [1.165, 1.54) is 6.07 Å². The van der Waals surface area contributed by atoms with E-state index in [1.54, 1.807) is 24.0 Å². The minimum atomic E-state index is -0.322. The van der Waals surface area contributed by atoms with E-state index < -0.39 is 0 Å². The number of fused-ring (bicyclic) bond motifs is 1. The van der Waals surface area contributed by atoms with Gasteiger partial charge in [0.1, 0.15) is 17.5 Å². The van der Waals surface area contributed by atoms with Crippen molar-refractivity contribution in [1.82, 2.24) is 24.7 Å². The largest absolute Gasteiger partial charge is 0.350 e. The van der Waals surface area contributed by atoms with E-state index in [2.05, 4.69) is 30.7 Å². The highest BCUT2D eigenvalue weighted by Crippen LogP contribution is 2.34. The molecule has 3 aromatic heterocycles. The number of pyridine rings is 1. The van der Waals surface area contributed by atoms with E-state index in [4.69, 9.17) is 0 Å². The van der Waals surface area contributed by atoms with E-state index in [0.717, 1.165) is 11.1 Å². The van der Waals surface area contributed by atoms with Gasteiger partial charge < -0.3 is 15.5 Å². The minimum Gasteiger partial charge on any atom is -0.350 e. The van der Waals surface area contributed by atoms with Crippen LogP contribution in [0, 0.1) is 25.6 Å². The number of halogens is 1. The summed E-state index contributed by atoms with van der Waals surface area (Å²) >= 11 is 0. The van der Waals surface area contributed by atoms with Crippen LogP contribution in [0.25, 0.3) is 0 Å². The maximum absolute atomic E-state index is 13.7. The number of nitrogens with one attached hydrogen (secondary N) is 2.